The zero-order valence-electron chi connectivity index (χ0n) is 17.4. The van der Waals surface area contributed by atoms with Crippen molar-refractivity contribution in [2.24, 2.45) is 0 Å². The second kappa shape index (κ2) is 8.39. The molecule has 0 aliphatic heterocycles. The lowest BCUT2D eigenvalue weighted by Crippen LogP contribution is -2.10. The van der Waals surface area contributed by atoms with Crippen LogP contribution < -0.4 is 10.1 Å². The number of carbonyl (C=O) groups is 1. The molecule has 158 valence electrons. The Hall–Kier alpha value is -4.39. The van der Waals surface area contributed by atoms with Crippen LogP contribution in [0.1, 0.15) is 17.5 Å². The second-order valence-electron chi connectivity index (χ2n) is 7.10. The summed E-state index contributed by atoms with van der Waals surface area (Å²) in [6.07, 6.45) is 0. The lowest BCUT2D eigenvalue weighted by atomic mass is 10.2. The quantitative estimate of drug-likeness (QED) is 0.398. The molecule has 0 fully saturated rings. The Labute approximate surface area is 184 Å². The smallest absolute Gasteiger partial charge is 0.291 e. The van der Waals surface area contributed by atoms with E-state index >= 15 is 0 Å². The summed E-state index contributed by atoms with van der Waals surface area (Å²) < 4.78 is 11.2. The molecule has 1 N–H and O–H groups in total. The largest absolute Gasteiger partial charge is 0.494 e. The topological polar surface area (TPSA) is 82.2 Å². The van der Waals surface area contributed by atoms with Crippen molar-refractivity contribution < 1.29 is 13.9 Å². The van der Waals surface area contributed by atoms with Crippen LogP contribution in [0.15, 0.2) is 89.3 Å². The highest BCUT2D eigenvalue weighted by molar-refractivity contribution is 6.03. The van der Waals surface area contributed by atoms with Gasteiger partial charge in [0.1, 0.15) is 22.5 Å². The Bertz CT molecular complexity index is 1370. The molecule has 7 heteroatoms. The molecule has 0 unspecified atom stereocenters. The van der Waals surface area contributed by atoms with Gasteiger partial charge in [0, 0.05) is 11.3 Å². The van der Waals surface area contributed by atoms with Crippen molar-refractivity contribution in [1.82, 2.24) is 15.0 Å². The minimum absolute atomic E-state index is 0.238. The van der Waals surface area contributed by atoms with Gasteiger partial charge in [0.15, 0.2) is 5.76 Å². The summed E-state index contributed by atoms with van der Waals surface area (Å²) in [6.45, 7) is 2.56. The highest BCUT2D eigenvalue weighted by atomic mass is 16.5. The average Bonchev–Trinajstić information content (AvgIpc) is 3.48. The number of anilines is 1. The van der Waals surface area contributed by atoms with Crippen molar-refractivity contribution in [2.45, 2.75) is 6.92 Å². The Kier molecular flexibility index (Phi) is 5.13. The van der Waals surface area contributed by atoms with Gasteiger partial charge < -0.3 is 14.5 Å². The number of nitrogens with zero attached hydrogens (tertiary/aromatic N) is 3. The Balaban J connectivity index is 1.34. The fourth-order valence-corrected chi connectivity index (χ4v) is 3.36. The van der Waals surface area contributed by atoms with Crippen LogP contribution in [0, 0.1) is 0 Å². The summed E-state index contributed by atoms with van der Waals surface area (Å²) in [5.74, 6) is 1.35. The van der Waals surface area contributed by atoms with Crippen LogP contribution >= 0.6 is 0 Å². The fraction of sp³-hybridized carbons (Fsp3) is 0.0800. The summed E-state index contributed by atoms with van der Waals surface area (Å²) >= 11 is 0. The minimum atomic E-state index is -0.328. The van der Waals surface area contributed by atoms with Gasteiger partial charge in [-0.3, -0.25) is 4.79 Å². The number of hydrogen-bond acceptors (Lipinski definition) is 5. The zero-order valence-corrected chi connectivity index (χ0v) is 17.4. The molecule has 7 nitrogen and oxygen atoms in total. The van der Waals surface area contributed by atoms with Crippen LogP contribution in [0.5, 0.6) is 5.75 Å². The summed E-state index contributed by atoms with van der Waals surface area (Å²) in [6, 6.07) is 26.0. The molecule has 0 bridgehead atoms. The lowest BCUT2D eigenvalue weighted by Gasteiger charge is -2.03. The maximum atomic E-state index is 12.6. The highest BCUT2D eigenvalue weighted by Gasteiger charge is 2.14. The third kappa shape index (κ3) is 3.96. The predicted octanol–water partition coefficient (Wildman–Crippen LogP) is 5.33. The van der Waals surface area contributed by atoms with Gasteiger partial charge in [-0.2, -0.15) is 4.80 Å². The summed E-state index contributed by atoms with van der Waals surface area (Å²) in [5, 5.41) is 11.9. The fourth-order valence-electron chi connectivity index (χ4n) is 3.36. The number of nitrogens with one attached hydrogen (secondary N) is 1. The van der Waals surface area contributed by atoms with E-state index in [0.717, 1.165) is 22.5 Å². The van der Waals surface area contributed by atoms with E-state index in [9.17, 15) is 4.79 Å². The molecule has 0 saturated carbocycles. The molecule has 3 aromatic carbocycles. The zero-order chi connectivity index (χ0) is 21.9. The second-order valence-corrected chi connectivity index (χ2v) is 7.10. The van der Waals surface area contributed by atoms with E-state index in [0.29, 0.717) is 23.6 Å². The number of aromatic nitrogens is 3. The molecular formula is C25H20N4O3. The molecule has 0 saturated heterocycles. The molecule has 2 aromatic heterocycles. The SMILES string of the molecule is CCOc1ccc(-n2nc3ccc(NC(=O)c4ccc(-c5ccccc5)o4)cc3n2)cc1. The van der Waals surface area contributed by atoms with E-state index in [2.05, 4.69) is 15.5 Å². The van der Waals surface area contributed by atoms with Crippen molar-refractivity contribution in [3.63, 3.8) is 0 Å². The van der Waals surface area contributed by atoms with Crippen molar-refractivity contribution in [2.75, 3.05) is 11.9 Å². The van der Waals surface area contributed by atoms with Crippen molar-refractivity contribution in [3.05, 3.63) is 90.7 Å². The number of furan rings is 1. The van der Waals surface area contributed by atoms with Gasteiger partial charge in [0.05, 0.1) is 12.3 Å². The molecule has 0 spiro atoms. The first-order chi connectivity index (χ1) is 15.7. The molecule has 32 heavy (non-hydrogen) atoms. The lowest BCUT2D eigenvalue weighted by molar-refractivity contribution is 0.0997. The average molecular weight is 424 g/mol. The number of amides is 1. The molecular weight excluding hydrogens is 404 g/mol. The Morgan fingerprint density at radius 1 is 0.938 bits per heavy atom. The first-order valence-electron chi connectivity index (χ1n) is 10.3. The van der Waals surface area contributed by atoms with Gasteiger partial charge in [-0.15, -0.1) is 10.2 Å². The standard InChI is InChI=1S/C25H20N4O3/c1-2-31-20-11-9-19(10-12-20)29-27-21-13-8-18(16-22(21)28-29)26-25(30)24-15-14-23(32-24)17-6-4-3-5-7-17/h3-16H,2H2,1H3,(H,26,30). The molecule has 1 amide bonds. The van der Waals surface area contributed by atoms with Crippen LogP contribution in [-0.2, 0) is 0 Å². The van der Waals surface area contributed by atoms with E-state index in [4.69, 9.17) is 9.15 Å². The molecule has 0 aliphatic rings. The van der Waals surface area contributed by atoms with Gasteiger partial charge in [-0.25, -0.2) is 0 Å². The summed E-state index contributed by atoms with van der Waals surface area (Å²) in [5.41, 5.74) is 3.74. The number of benzene rings is 3. The van der Waals surface area contributed by atoms with E-state index in [-0.39, 0.29) is 11.7 Å². The molecule has 2 heterocycles. The molecule has 0 radical (unpaired) electrons. The Morgan fingerprint density at radius 3 is 2.50 bits per heavy atom. The number of ether oxygens (including phenoxy) is 1. The molecule has 5 aromatic rings. The minimum Gasteiger partial charge on any atom is -0.494 e. The number of carbonyl (C=O) groups excluding carboxylic acids is 1. The first-order valence-corrected chi connectivity index (χ1v) is 10.3. The van der Waals surface area contributed by atoms with E-state index < -0.39 is 0 Å². The van der Waals surface area contributed by atoms with Gasteiger partial charge in [0.25, 0.3) is 5.91 Å². The Morgan fingerprint density at radius 2 is 1.72 bits per heavy atom. The number of hydrogen-bond donors (Lipinski definition) is 1. The van der Waals surface area contributed by atoms with Gasteiger partial charge in [-0.1, -0.05) is 30.3 Å². The van der Waals surface area contributed by atoms with Gasteiger partial charge in [-0.05, 0) is 61.5 Å². The first kappa shape index (κ1) is 19.6. The van der Waals surface area contributed by atoms with Crippen molar-refractivity contribution in [1.29, 1.82) is 0 Å². The maximum Gasteiger partial charge on any atom is 0.291 e. The summed E-state index contributed by atoms with van der Waals surface area (Å²) in [7, 11) is 0. The highest BCUT2D eigenvalue weighted by Crippen LogP contribution is 2.23. The number of rotatable bonds is 6. The van der Waals surface area contributed by atoms with E-state index in [1.54, 1.807) is 29.1 Å². The van der Waals surface area contributed by atoms with Crippen molar-refractivity contribution in [3.8, 4) is 22.8 Å². The van der Waals surface area contributed by atoms with Crippen LogP contribution in [0.4, 0.5) is 5.69 Å². The number of fused-ring (bicyclic) bond motifs is 1. The van der Waals surface area contributed by atoms with Crippen LogP contribution in [0.25, 0.3) is 28.0 Å². The maximum absolute atomic E-state index is 12.6. The van der Waals surface area contributed by atoms with E-state index in [1.165, 1.54) is 0 Å². The molecule has 0 atom stereocenters. The van der Waals surface area contributed by atoms with Crippen LogP contribution in [-0.4, -0.2) is 27.5 Å². The van der Waals surface area contributed by atoms with Crippen LogP contribution in [0.2, 0.25) is 0 Å². The predicted molar refractivity (Wildman–Crippen MR) is 122 cm³/mol. The van der Waals surface area contributed by atoms with Gasteiger partial charge >= 0.3 is 0 Å². The van der Waals surface area contributed by atoms with E-state index in [1.807, 2.05) is 67.6 Å². The third-order valence-corrected chi connectivity index (χ3v) is 4.90. The van der Waals surface area contributed by atoms with Crippen molar-refractivity contribution >= 4 is 22.6 Å². The molecule has 0 aliphatic carbocycles. The normalized spacial score (nSPS) is 10.9. The monoisotopic (exact) mass is 424 g/mol. The van der Waals surface area contributed by atoms with Crippen LogP contribution in [0.3, 0.4) is 0 Å². The van der Waals surface area contributed by atoms with Gasteiger partial charge in [0.2, 0.25) is 0 Å². The third-order valence-electron chi connectivity index (χ3n) is 4.90. The summed E-state index contributed by atoms with van der Waals surface area (Å²) in [4.78, 5) is 14.2. The molecule has 5 rings (SSSR count).